The average Bonchev–Trinajstić information content (AvgIpc) is 2.14. The van der Waals surface area contributed by atoms with Crippen LogP contribution in [0.15, 0.2) is 0 Å². The summed E-state index contributed by atoms with van der Waals surface area (Å²) in [6.07, 6.45) is 3.71. The van der Waals surface area contributed by atoms with E-state index in [9.17, 15) is 0 Å². The van der Waals surface area contributed by atoms with Crippen LogP contribution in [-0.4, -0.2) is 12.6 Å². The van der Waals surface area contributed by atoms with E-state index in [0.717, 1.165) is 6.54 Å². The fraction of sp³-hybridized carbons (Fsp3) is 1.00. The van der Waals surface area contributed by atoms with Gasteiger partial charge in [0.25, 0.3) is 0 Å². The summed E-state index contributed by atoms with van der Waals surface area (Å²) in [5, 5.41) is 0. The minimum atomic E-state index is 0. The third kappa shape index (κ3) is 2.36. The molecule has 1 fully saturated rings. The summed E-state index contributed by atoms with van der Waals surface area (Å²) in [4.78, 5) is 0. The summed E-state index contributed by atoms with van der Waals surface area (Å²) in [6, 6.07) is 0.403. The van der Waals surface area contributed by atoms with Gasteiger partial charge in [0.15, 0.2) is 0 Å². The molecular formula is C6H14N2Pt. The van der Waals surface area contributed by atoms with E-state index in [1.807, 2.05) is 0 Å². The Morgan fingerprint density at radius 1 is 1.33 bits per heavy atom. The van der Waals surface area contributed by atoms with Gasteiger partial charge in [0, 0.05) is 27.1 Å². The largest absolute Gasteiger partial charge is 0.330 e. The van der Waals surface area contributed by atoms with Gasteiger partial charge >= 0.3 is 0 Å². The fourth-order valence-electron chi connectivity index (χ4n) is 1.36. The van der Waals surface area contributed by atoms with Gasteiger partial charge in [-0.2, -0.15) is 0 Å². The summed E-state index contributed by atoms with van der Waals surface area (Å²) in [5.41, 5.74) is 11.2. The van der Waals surface area contributed by atoms with Crippen molar-refractivity contribution in [2.24, 2.45) is 17.4 Å². The van der Waals surface area contributed by atoms with E-state index >= 15 is 0 Å². The predicted molar refractivity (Wildman–Crippen MR) is 34.4 cm³/mol. The Labute approximate surface area is 70.6 Å². The number of hydrogen-bond acceptors (Lipinski definition) is 2. The number of rotatable bonds is 1. The van der Waals surface area contributed by atoms with Crippen molar-refractivity contribution in [2.45, 2.75) is 25.3 Å². The maximum atomic E-state index is 5.71. The first-order chi connectivity index (χ1) is 3.84. The molecular weight excluding hydrogens is 295 g/mol. The summed E-state index contributed by atoms with van der Waals surface area (Å²) < 4.78 is 0. The third-order valence-electron chi connectivity index (χ3n) is 2.02. The van der Waals surface area contributed by atoms with Crippen LogP contribution in [0, 0.1) is 5.92 Å². The van der Waals surface area contributed by atoms with E-state index in [1.54, 1.807) is 0 Å². The molecule has 0 spiro atoms. The van der Waals surface area contributed by atoms with Crippen LogP contribution in [0.1, 0.15) is 19.3 Å². The van der Waals surface area contributed by atoms with Crippen LogP contribution in [0.5, 0.6) is 0 Å². The topological polar surface area (TPSA) is 52.0 Å². The van der Waals surface area contributed by atoms with Gasteiger partial charge in [0.1, 0.15) is 0 Å². The monoisotopic (exact) mass is 309 g/mol. The molecule has 2 nitrogen and oxygen atoms in total. The smallest absolute Gasteiger partial charge is 0.00792 e. The molecule has 2 atom stereocenters. The second kappa shape index (κ2) is 4.43. The molecule has 58 valence electrons. The number of hydrogen-bond donors (Lipinski definition) is 2. The summed E-state index contributed by atoms with van der Waals surface area (Å²) >= 11 is 0. The Bertz CT molecular complexity index is 77.5. The first-order valence-corrected chi connectivity index (χ1v) is 3.30. The Balaban J connectivity index is 0.000000640. The van der Waals surface area contributed by atoms with Gasteiger partial charge in [-0.1, -0.05) is 6.42 Å². The van der Waals surface area contributed by atoms with E-state index in [4.69, 9.17) is 11.5 Å². The van der Waals surface area contributed by atoms with Crippen LogP contribution in [0.3, 0.4) is 0 Å². The maximum absolute atomic E-state index is 5.71. The minimum Gasteiger partial charge on any atom is -0.330 e. The normalized spacial score (nSPS) is 34.0. The maximum Gasteiger partial charge on any atom is 0.00792 e. The fourth-order valence-corrected chi connectivity index (χ4v) is 1.36. The van der Waals surface area contributed by atoms with Gasteiger partial charge in [0.05, 0.1) is 0 Å². The Kier molecular flexibility index (Phi) is 4.73. The van der Waals surface area contributed by atoms with Crippen molar-refractivity contribution in [2.75, 3.05) is 6.54 Å². The quantitative estimate of drug-likeness (QED) is 0.720. The van der Waals surface area contributed by atoms with E-state index in [0.29, 0.717) is 12.0 Å². The van der Waals surface area contributed by atoms with Crippen molar-refractivity contribution in [1.82, 2.24) is 0 Å². The predicted octanol–water partition coefficient (Wildman–Crippen LogP) is 0.0700. The minimum absolute atomic E-state index is 0. The molecule has 0 aromatic carbocycles. The van der Waals surface area contributed by atoms with E-state index in [2.05, 4.69) is 0 Å². The molecule has 0 bridgehead atoms. The van der Waals surface area contributed by atoms with Gasteiger partial charge in [-0.25, -0.2) is 0 Å². The second-order valence-corrected chi connectivity index (χ2v) is 2.59. The zero-order valence-corrected chi connectivity index (χ0v) is 7.73. The second-order valence-electron chi connectivity index (χ2n) is 2.59. The van der Waals surface area contributed by atoms with Crippen molar-refractivity contribution in [1.29, 1.82) is 0 Å². The molecule has 0 amide bonds. The summed E-state index contributed by atoms with van der Waals surface area (Å²) in [7, 11) is 0. The summed E-state index contributed by atoms with van der Waals surface area (Å²) in [6.45, 7) is 0.779. The Hall–Kier alpha value is 0.608. The van der Waals surface area contributed by atoms with Crippen LogP contribution in [-0.2, 0) is 21.1 Å². The molecule has 1 aliphatic rings. The molecule has 0 aromatic rings. The standard InChI is InChI=1S/C6H14N2.Pt/c7-4-5-2-1-3-6(5)8;/h5-6H,1-4,7-8H2;. The van der Waals surface area contributed by atoms with Crippen molar-refractivity contribution in [3.05, 3.63) is 0 Å². The Morgan fingerprint density at radius 2 is 2.00 bits per heavy atom. The average molecular weight is 309 g/mol. The molecule has 0 saturated heterocycles. The van der Waals surface area contributed by atoms with Gasteiger partial charge in [0.2, 0.25) is 0 Å². The van der Waals surface area contributed by atoms with Gasteiger partial charge in [-0.3, -0.25) is 0 Å². The molecule has 1 saturated carbocycles. The molecule has 3 heteroatoms. The first-order valence-electron chi connectivity index (χ1n) is 3.30. The summed E-state index contributed by atoms with van der Waals surface area (Å²) in [5.74, 6) is 0.620. The van der Waals surface area contributed by atoms with Crippen LogP contribution in [0.4, 0.5) is 0 Å². The molecule has 1 rings (SSSR count). The third-order valence-corrected chi connectivity index (χ3v) is 2.02. The molecule has 0 heterocycles. The van der Waals surface area contributed by atoms with Crippen molar-refractivity contribution in [3.63, 3.8) is 0 Å². The molecule has 0 aromatic heterocycles. The van der Waals surface area contributed by atoms with E-state index in [1.165, 1.54) is 19.3 Å². The van der Waals surface area contributed by atoms with Crippen LogP contribution >= 0.6 is 0 Å². The molecule has 2 unspecified atom stereocenters. The van der Waals surface area contributed by atoms with Gasteiger partial charge < -0.3 is 11.5 Å². The van der Waals surface area contributed by atoms with Crippen molar-refractivity contribution < 1.29 is 21.1 Å². The molecule has 9 heavy (non-hydrogen) atoms. The van der Waals surface area contributed by atoms with Crippen LogP contribution in [0.2, 0.25) is 0 Å². The SMILES string of the molecule is NCC1CCCC1N.[Pt]. The molecule has 1 aliphatic carbocycles. The van der Waals surface area contributed by atoms with Gasteiger partial charge in [-0.05, 0) is 25.3 Å². The van der Waals surface area contributed by atoms with Crippen molar-refractivity contribution >= 4 is 0 Å². The first kappa shape index (κ1) is 9.61. The van der Waals surface area contributed by atoms with E-state index < -0.39 is 0 Å². The van der Waals surface area contributed by atoms with Gasteiger partial charge in [-0.15, -0.1) is 0 Å². The van der Waals surface area contributed by atoms with Crippen LogP contribution < -0.4 is 11.5 Å². The van der Waals surface area contributed by atoms with Crippen molar-refractivity contribution in [3.8, 4) is 0 Å². The molecule has 4 N–H and O–H groups in total. The molecule has 0 radical (unpaired) electrons. The Morgan fingerprint density at radius 3 is 2.22 bits per heavy atom. The van der Waals surface area contributed by atoms with Crippen LogP contribution in [0.25, 0.3) is 0 Å². The number of nitrogens with two attached hydrogens (primary N) is 2. The zero-order chi connectivity index (χ0) is 5.98. The zero-order valence-electron chi connectivity index (χ0n) is 5.45. The van der Waals surface area contributed by atoms with E-state index in [-0.39, 0.29) is 21.1 Å². The molecule has 0 aliphatic heterocycles.